The van der Waals surface area contributed by atoms with Crippen LogP contribution in [0.4, 0.5) is 0 Å². The van der Waals surface area contributed by atoms with Gasteiger partial charge in [0.15, 0.2) is 0 Å². The second kappa shape index (κ2) is 7.49. The summed E-state index contributed by atoms with van der Waals surface area (Å²) in [4.78, 5) is 7.34. The minimum Gasteiger partial charge on any atom is -0.301 e. The molecule has 3 nitrogen and oxygen atoms in total. The summed E-state index contributed by atoms with van der Waals surface area (Å²) in [5, 5.41) is 1.25. The van der Waals surface area contributed by atoms with Gasteiger partial charge in [-0.1, -0.05) is 48.0 Å². The van der Waals surface area contributed by atoms with E-state index >= 15 is 0 Å². The Morgan fingerprint density at radius 3 is 2.69 bits per heavy atom. The van der Waals surface area contributed by atoms with Crippen molar-refractivity contribution in [1.82, 2.24) is 14.5 Å². The van der Waals surface area contributed by atoms with Crippen LogP contribution in [0.2, 0.25) is 0 Å². The summed E-state index contributed by atoms with van der Waals surface area (Å²) in [6.45, 7) is 5.63. The van der Waals surface area contributed by atoms with Crippen LogP contribution in [0, 0.1) is 6.92 Å². The quantitative estimate of drug-likeness (QED) is 0.418. The van der Waals surface area contributed by atoms with Crippen molar-refractivity contribution in [3.05, 3.63) is 95.8 Å². The summed E-state index contributed by atoms with van der Waals surface area (Å²) < 4.78 is 2.20. The lowest BCUT2D eigenvalue weighted by atomic mass is 10.0. The van der Waals surface area contributed by atoms with E-state index in [0.29, 0.717) is 12.1 Å². The predicted octanol–water partition coefficient (Wildman–Crippen LogP) is 6.23. The molecule has 2 atom stereocenters. The van der Waals surface area contributed by atoms with Crippen molar-refractivity contribution in [2.24, 2.45) is 0 Å². The summed E-state index contributed by atoms with van der Waals surface area (Å²) in [6, 6.07) is 25.0. The minimum absolute atomic E-state index is 0.409. The molecule has 0 aliphatic carbocycles. The molecule has 0 spiro atoms. The number of para-hydroxylation sites is 1. The highest BCUT2D eigenvalue weighted by Crippen LogP contribution is 2.39. The maximum atomic E-state index is 4.69. The first-order valence-electron chi connectivity index (χ1n) is 10.6. The van der Waals surface area contributed by atoms with Crippen LogP contribution in [0.15, 0.2) is 79.1 Å². The summed E-state index contributed by atoms with van der Waals surface area (Å²) in [7, 11) is 0. The van der Waals surface area contributed by atoms with Crippen LogP contribution in [0.25, 0.3) is 16.7 Å². The molecule has 0 saturated carbocycles. The molecule has 146 valence electrons. The van der Waals surface area contributed by atoms with E-state index in [1.54, 1.807) is 0 Å². The SMILES string of the molecule is Cc1ccc([C@@H](C)N2CCC[C@H]2c2ccnc(-n3ccc4ccccc43)c2)cc1. The summed E-state index contributed by atoms with van der Waals surface area (Å²) in [6.07, 6.45) is 6.53. The average molecular weight is 382 g/mol. The molecule has 2 aromatic carbocycles. The first kappa shape index (κ1) is 18.1. The van der Waals surface area contributed by atoms with Gasteiger partial charge < -0.3 is 4.57 Å². The van der Waals surface area contributed by atoms with E-state index < -0.39 is 0 Å². The molecule has 1 saturated heterocycles. The van der Waals surface area contributed by atoms with Crippen LogP contribution in [-0.4, -0.2) is 21.0 Å². The maximum Gasteiger partial charge on any atom is 0.137 e. The van der Waals surface area contributed by atoms with E-state index in [1.807, 2.05) is 6.20 Å². The number of aromatic nitrogens is 2. The monoisotopic (exact) mass is 381 g/mol. The van der Waals surface area contributed by atoms with Crippen molar-refractivity contribution >= 4 is 10.9 Å². The molecule has 3 heterocycles. The average Bonchev–Trinajstić information content (AvgIpc) is 3.41. The number of hydrogen-bond donors (Lipinski definition) is 0. The van der Waals surface area contributed by atoms with Gasteiger partial charge in [-0.15, -0.1) is 0 Å². The van der Waals surface area contributed by atoms with Gasteiger partial charge in [0.25, 0.3) is 0 Å². The lowest BCUT2D eigenvalue weighted by Gasteiger charge is -2.31. The lowest BCUT2D eigenvalue weighted by molar-refractivity contribution is 0.194. The molecule has 1 aliphatic rings. The van der Waals surface area contributed by atoms with Crippen molar-refractivity contribution in [1.29, 1.82) is 0 Å². The molecule has 0 N–H and O–H groups in total. The third-order valence-corrected chi connectivity index (χ3v) is 6.35. The standard InChI is InChI=1S/C26H27N3/c1-19-9-11-21(12-10-19)20(2)28-16-5-8-25(28)23-13-15-27-26(18-23)29-17-14-22-6-3-4-7-24(22)29/h3-4,6-7,9-15,17-18,20,25H,5,8,16H2,1-2H3/t20-,25+/m1/s1. The van der Waals surface area contributed by atoms with Crippen LogP contribution in [0.3, 0.4) is 0 Å². The zero-order valence-electron chi connectivity index (χ0n) is 17.1. The lowest BCUT2D eigenvalue weighted by Crippen LogP contribution is -2.26. The Balaban J connectivity index is 1.47. The third-order valence-electron chi connectivity index (χ3n) is 6.35. The molecule has 0 unspecified atom stereocenters. The smallest absolute Gasteiger partial charge is 0.137 e. The maximum absolute atomic E-state index is 4.69. The van der Waals surface area contributed by atoms with Crippen LogP contribution in [-0.2, 0) is 0 Å². The number of benzene rings is 2. The van der Waals surface area contributed by atoms with Gasteiger partial charge in [0.2, 0.25) is 0 Å². The molecule has 29 heavy (non-hydrogen) atoms. The topological polar surface area (TPSA) is 21.1 Å². The molecule has 5 rings (SSSR count). The van der Waals surface area contributed by atoms with Crippen LogP contribution in [0.5, 0.6) is 0 Å². The normalized spacial score (nSPS) is 18.3. The van der Waals surface area contributed by atoms with Crippen LogP contribution in [0.1, 0.15) is 48.5 Å². The molecule has 4 aromatic rings. The Morgan fingerprint density at radius 2 is 1.83 bits per heavy atom. The number of fused-ring (bicyclic) bond motifs is 1. The van der Waals surface area contributed by atoms with E-state index in [1.165, 1.54) is 40.4 Å². The first-order chi connectivity index (χ1) is 14.2. The van der Waals surface area contributed by atoms with Crippen LogP contribution < -0.4 is 0 Å². The van der Waals surface area contributed by atoms with E-state index in [2.05, 4.69) is 101 Å². The molecular formula is C26H27N3. The molecule has 2 aromatic heterocycles. The Morgan fingerprint density at radius 1 is 1.00 bits per heavy atom. The van der Waals surface area contributed by atoms with Crippen LogP contribution >= 0.6 is 0 Å². The van der Waals surface area contributed by atoms with E-state index in [4.69, 9.17) is 0 Å². The van der Waals surface area contributed by atoms with Crippen molar-refractivity contribution < 1.29 is 0 Å². The molecule has 1 fully saturated rings. The first-order valence-corrected chi connectivity index (χ1v) is 10.6. The molecule has 0 radical (unpaired) electrons. The Hall–Kier alpha value is -2.91. The zero-order chi connectivity index (χ0) is 19.8. The fourth-order valence-electron chi connectivity index (χ4n) is 4.70. The molecule has 1 aliphatic heterocycles. The van der Waals surface area contributed by atoms with Gasteiger partial charge in [-0.2, -0.15) is 0 Å². The summed E-state index contributed by atoms with van der Waals surface area (Å²) in [5.41, 5.74) is 5.28. The molecule has 3 heteroatoms. The van der Waals surface area contributed by atoms with Crippen molar-refractivity contribution in [3.63, 3.8) is 0 Å². The Bertz CT molecular complexity index is 1130. The third kappa shape index (κ3) is 3.36. The Kier molecular flexibility index (Phi) is 4.69. The van der Waals surface area contributed by atoms with Crippen molar-refractivity contribution in [3.8, 4) is 5.82 Å². The number of likely N-dealkylation sites (tertiary alicyclic amines) is 1. The van der Waals surface area contributed by atoms with Gasteiger partial charge in [0, 0.05) is 24.5 Å². The highest BCUT2D eigenvalue weighted by Gasteiger charge is 2.30. The van der Waals surface area contributed by atoms with Gasteiger partial charge in [-0.25, -0.2) is 4.98 Å². The number of hydrogen-bond acceptors (Lipinski definition) is 2. The minimum atomic E-state index is 0.409. The molecular weight excluding hydrogens is 354 g/mol. The van der Waals surface area contributed by atoms with Gasteiger partial charge in [-0.3, -0.25) is 4.90 Å². The highest BCUT2D eigenvalue weighted by molar-refractivity contribution is 5.81. The van der Waals surface area contributed by atoms with Gasteiger partial charge in [0.1, 0.15) is 5.82 Å². The Labute approximate surface area is 172 Å². The van der Waals surface area contributed by atoms with E-state index in [9.17, 15) is 0 Å². The molecule has 0 amide bonds. The number of rotatable bonds is 4. The zero-order valence-corrected chi connectivity index (χ0v) is 17.1. The van der Waals surface area contributed by atoms with Gasteiger partial charge >= 0.3 is 0 Å². The van der Waals surface area contributed by atoms with Gasteiger partial charge in [-0.05, 0) is 74.0 Å². The second-order valence-corrected chi connectivity index (χ2v) is 8.17. The number of nitrogens with zero attached hydrogens (tertiary/aromatic N) is 3. The van der Waals surface area contributed by atoms with Crippen molar-refractivity contribution in [2.45, 2.75) is 38.8 Å². The summed E-state index contributed by atoms with van der Waals surface area (Å²) in [5.74, 6) is 0.999. The van der Waals surface area contributed by atoms with Gasteiger partial charge in [0.05, 0.1) is 5.52 Å². The number of aryl methyl sites for hydroxylation is 1. The second-order valence-electron chi connectivity index (χ2n) is 8.17. The molecule has 0 bridgehead atoms. The highest BCUT2D eigenvalue weighted by atomic mass is 15.2. The largest absolute Gasteiger partial charge is 0.301 e. The van der Waals surface area contributed by atoms with E-state index in [0.717, 1.165) is 12.4 Å². The summed E-state index contributed by atoms with van der Waals surface area (Å²) >= 11 is 0. The van der Waals surface area contributed by atoms with Crippen molar-refractivity contribution in [2.75, 3.05) is 6.54 Å². The fourth-order valence-corrected chi connectivity index (χ4v) is 4.70. The predicted molar refractivity (Wildman–Crippen MR) is 119 cm³/mol. The van der Waals surface area contributed by atoms with E-state index in [-0.39, 0.29) is 0 Å². The number of pyridine rings is 1. The fraction of sp³-hybridized carbons (Fsp3) is 0.269.